The number of hydrogen-bond acceptors (Lipinski definition) is 5. The van der Waals surface area contributed by atoms with Crippen molar-refractivity contribution in [2.45, 2.75) is 6.92 Å². The van der Waals surface area contributed by atoms with E-state index in [4.69, 9.17) is 9.15 Å². The monoisotopic (exact) mass is 360 g/mol. The van der Waals surface area contributed by atoms with Gasteiger partial charge >= 0.3 is 11.4 Å². The van der Waals surface area contributed by atoms with Crippen LogP contribution in [0.2, 0.25) is 0 Å². The second kappa shape index (κ2) is 6.57. The summed E-state index contributed by atoms with van der Waals surface area (Å²) in [7, 11) is 1.57. The van der Waals surface area contributed by atoms with Crippen LogP contribution in [0.1, 0.15) is 5.69 Å². The van der Waals surface area contributed by atoms with Crippen LogP contribution in [0.5, 0.6) is 5.75 Å². The Hall–Kier alpha value is -3.67. The maximum Gasteiger partial charge on any atom is 0.426 e. The normalized spacial score (nSPS) is 10.9. The first-order chi connectivity index (χ1) is 13.1. The molecule has 0 aliphatic heterocycles. The quantitative estimate of drug-likeness (QED) is 0.560. The van der Waals surface area contributed by atoms with Gasteiger partial charge in [0.15, 0.2) is 0 Å². The van der Waals surface area contributed by atoms with E-state index in [0.717, 1.165) is 5.56 Å². The summed E-state index contributed by atoms with van der Waals surface area (Å²) < 4.78 is 11.5. The topological polar surface area (TPSA) is 74.3 Å². The number of ether oxygens (including phenoxy) is 1. The molecule has 0 aliphatic carbocycles. The van der Waals surface area contributed by atoms with Gasteiger partial charge in [0.05, 0.1) is 29.7 Å². The van der Waals surface area contributed by atoms with Crippen LogP contribution < -0.4 is 16.1 Å². The van der Waals surface area contributed by atoms with Crippen LogP contribution in [0.15, 0.2) is 74.7 Å². The Labute approximate surface area is 154 Å². The minimum Gasteiger partial charge on any atom is -0.497 e. The second-order valence-electron chi connectivity index (χ2n) is 6.04. The van der Waals surface area contributed by atoms with E-state index in [0.29, 0.717) is 28.3 Å². The third-order valence-corrected chi connectivity index (χ3v) is 4.39. The molecule has 6 nitrogen and oxygen atoms in total. The highest BCUT2D eigenvalue weighted by molar-refractivity contribution is 5.85. The minimum atomic E-state index is -0.748. The van der Waals surface area contributed by atoms with Gasteiger partial charge < -0.3 is 9.15 Å². The lowest BCUT2D eigenvalue weighted by atomic mass is 10.1. The summed E-state index contributed by atoms with van der Waals surface area (Å²) in [6.45, 7) is 1.73. The van der Waals surface area contributed by atoms with Crippen LogP contribution in [-0.2, 0) is 0 Å². The zero-order chi connectivity index (χ0) is 19.0. The molecule has 6 heteroatoms. The Morgan fingerprint density at radius 2 is 1.70 bits per heavy atom. The van der Waals surface area contributed by atoms with E-state index in [-0.39, 0.29) is 5.39 Å². The molecule has 0 unspecified atom stereocenters. The van der Waals surface area contributed by atoms with Gasteiger partial charge in [-0.25, -0.2) is 14.2 Å². The van der Waals surface area contributed by atoms with Gasteiger partial charge in [-0.05, 0) is 37.3 Å². The summed E-state index contributed by atoms with van der Waals surface area (Å²) in [6.07, 6.45) is 0. The molecule has 0 fully saturated rings. The molecule has 2 aromatic carbocycles. The van der Waals surface area contributed by atoms with Crippen molar-refractivity contribution in [2.75, 3.05) is 7.11 Å². The zero-order valence-electron chi connectivity index (χ0n) is 14.8. The number of aromatic nitrogens is 2. The Morgan fingerprint density at radius 3 is 2.37 bits per heavy atom. The van der Waals surface area contributed by atoms with Crippen molar-refractivity contribution in [1.82, 2.24) is 9.55 Å². The molecular weight excluding hydrogens is 344 g/mol. The molecule has 0 saturated heterocycles. The van der Waals surface area contributed by atoms with Crippen molar-refractivity contribution in [2.24, 2.45) is 0 Å². The fourth-order valence-corrected chi connectivity index (χ4v) is 3.09. The van der Waals surface area contributed by atoms with E-state index in [9.17, 15) is 9.59 Å². The van der Waals surface area contributed by atoms with Gasteiger partial charge in [0.1, 0.15) is 11.1 Å². The molecule has 0 bridgehead atoms. The summed E-state index contributed by atoms with van der Waals surface area (Å²) >= 11 is 0. The van der Waals surface area contributed by atoms with Gasteiger partial charge in [-0.1, -0.05) is 30.3 Å². The molecule has 134 valence electrons. The molecule has 0 spiro atoms. The van der Waals surface area contributed by atoms with E-state index in [1.807, 2.05) is 30.3 Å². The summed E-state index contributed by atoms with van der Waals surface area (Å²) in [5, 5.41) is 0.282. The van der Waals surface area contributed by atoms with Crippen LogP contribution in [0.25, 0.3) is 27.8 Å². The highest BCUT2D eigenvalue weighted by Gasteiger charge is 2.16. The third kappa shape index (κ3) is 2.91. The van der Waals surface area contributed by atoms with Crippen molar-refractivity contribution in [1.29, 1.82) is 0 Å². The first-order valence-corrected chi connectivity index (χ1v) is 8.36. The smallest absolute Gasteiger partial charge is 0.426 e. The highest BCUT2D eigenvalue weighted by Crippen LogP contribution is 2.24. The van der Waals surface area contributed by atoms with E-state index in [1.54, 1.807) is 44.4 Å². The number of fused-ring (bicyclic) bond motifs is 1. The predicted octanol–water partition coefficient (Wildman–Crippen LogP) is 3.32. The Bertz CT molecular complexity index is 1240. The van der Waals surface area contributed by atoms with Crippen molar-refractivity contribution in [3.05, 3.63) is 87.3 Å². The fourth-order valence-electron chi connectivity index (χ4n) is 3.09. The van der Waals surface area contributed by atoms with E-state index < -0.39 is 11.4 Å². The van der Waals surface area contributed by atoms with Crippen LogP contribution in [0, 0.1) is 6.92 Å². The summed E-state index contributed by atoms with van der Waals surface area (Å²) in [5.74, 6) is -0.0846. The van der Waals surface area contributed by atoms with Crippen molar-refractivity contribution in [3.63, 3.8) is 0 Å². The van der Waals surface area contributed by atoms with Crippen molar-refractivity contribution >= 4 is 10.9 Å². The Balaban J connectivity index is 2.07. The number of rotatable bonds is 3. The van der Waals surface area contributed by atoms with Gasteiger partial charge in [-0.3, -0.25) is 4.98 Å². The minimum absolute atomic E-state index is 0.282. The lowest BCUT2D eigenvalue weighted by Crippen LogP contribution is -2.24. The number of nitrogens with zero attached hydrogens (tertiary/aromatic N) is 2. The van der Waals surface area contributed by atoms with Gasteiger partial charge in [0.25, 0.3) is 0 Å². The number of benzene rings is 2. The average Bonchev–Trinajstić information content (AvgIpc) is 2.68. The van der Waals surface area contributed by atoms with Gasteiger partial charge in [0.2, 0.25) is 0 Å². The van der Waals surface area contributed by atoms with Crippen LogP contribution >= 0.6 is 0 Å². The van der Waals surface area contributed by atoms with Crippen molar-refractivity contribution in [3.8, 4) is 22.7 Å². The molecule has 0 amide bonds. The van der Waals surface area contributed by atoms with Crippen molar-refractivity contribution < 1.29 is 9.15 Å². The molecule has 0 aliphatic rings. The maximum absolute atomic E-state index is 12.5. The van der Waals surface area contributed by atoms with E-state index in [1.165, 1.54) is 4.57 Å². The average molecular weight is 360 g/mol. The van der Waals surface area contributed by atoms with Gasteiger partial charge in [-0.15, -0.1) is 0 Å². The number of methoxy groups -OCH3 is 1. The molecule has 0 atom stereocenters. The Kier molecular flexibility index (Phi) is 4.08. The first kappa shape index (κ1) is 16.8. The molecular formula is C21H16N2O4. The molecule has 27 heavy (non-hydrogen) atoms. The Morgan fingerprint density at radius 1 is 1.00 bits per heavy atom. The van der Waals surface area contributed by atoms with Crippen LogP contribution in [0.3, 0.4) is 0 Å². The maximum atomic E-state index is 12.5. The zero-order valence-corrected chi connectivity index (χ0v) is 14.8. The predicted molar refractivity (Wildman–Crippen MR) is 103 cm³/mol. The molecule has 2 heterocycles. The van der Waals surface area contributed by atoms with Crippen LogP contribution in [0.4, 0.5) is 0 Å². The number of pyridine rings is 1. The summed E-state index contributed by atoms with van der Waals surface area (Å²) in [6, 6.07) is 18.3. The molecule has 4 rings (SSSR count). The summed E-state index contributed by atoms with van der Waals surface area (Å²) in [5.41, 5.74) is 2.40. The number of aryl methyl sites for hydroxylation is 1. The molecule has 0 radical (unpaired) electrons. The SMILES string of the molecule is COc1ccc(-n2c(=O)oc(=O)c3c(C)nc(-c4ccccc4)cc32)cc1. The standard InChI is InChI=1S/C21H16N2O4/c1-13-19-18(12-17(22-13)14-6-4-3-5-7-14)23(21(25)27-20(19)24)15-8-10-16(26-2)11-9-15/h3-12H,1-2H3. The first-order valence-electron chi connectivity index (χ1n) is 8.36. The fraction of sp³-hybridized carbons (Fsp3) is 0.0952. The largest absolute Gasteiger partial charge is 0.497 e. The van der Waals surface area contributed by atoms with Crippen LogP contribution in [-0.4, -0.2) is 16.7 Å². The molecule has 2 aromatic heterocycles. The lowest BCUT2D eigenvalue weighted by Gasteiger charge is -2.12. The third-order valence-electron chi connectivity index (χ3n) is 4.39. The lowest BCUT2D eigenvalue weighted by molar-refractivity contribution is 0.414. The number of hydrogen-bond donors (Lipinski definition) is 0. The molecule has 4 aromatic rings. The summed E-state index contributed by atoms with van der Waals surface area (Å²) in [4.78, 5) is 29.4. The highest BCUT2D eigenvalue weighted by atomic mass is 16.5. The van der Waals surface area contributed by atoms with Gasteiger partial charge in [-0.2, -0.15) is 0 Å². The van der Waals surface area contributed by atoms with E-state index >= 15 is 0 Å². The molecule has 0 saturated carbocycles. The second-order valence-corrected chi connectivity index (χ2v) is 6.04. The van der Waals surface area contributed by atoms with E-state index in [2.05, 4.69) is 4.98 Å². The molecule has 0 N–H and O–H groups in total. The van der Waals surface area contributed by atoms with Gasteiger partial charge in [0, 0.05) is 5.56 Å².